The van der Waals surface area contributed by atoms with Crippen molar-refractivity contribution in [2.75, 3.05) is 31.3 Å². The summed E-state index contributed by atoms with van der Waals surface area (Å²) in [5, 5.41) is 11.8. The van der Waals surface area contributed by atoms with E-state index in [0.29, 0.717) is 17.7 Å². The van der Waals surface area contributed by atoms with Crippen molar-refractivity contribution in [3.8, 4) is 21.9 Å². The van der Waals surface area contributed by atoms with Crippen molar-refractivity contribution >= 4 is 39.1 Å². The highest BCUT2D eigenvalue weighted by Gasteiger charge is 2.30. The summed E-state index contributed by atoms with van der Waals surface area (Å²) in [5.41, 5.74) is 8.08. The van der Waals surface area contributed by atoms with Crippen molar-refractivity contribution in [2.45, 2.75) is 83.5 Å². The summed E-state index contributed by atoms with van der Waals surface area (Å²) in [5.74, 6) is 3.65. The first-order valence-electron chi connectivity index (χ1n) is 16.5. The Bertz CT molecular complexity index is 1740. The monoisotopic (exact) mass is 657 g/mol. The zero-order valence-corrected chi connectivity index (χ0v) is 28.9. The summed E-state index contributed by atoms with van der Waals surface area (Å²) in [6, 6.07) is 6.35. The van der Waals surface area contributed by atoms with Crippen LogP contribution in [0.5, 0.6) is 0 Å². The van der Waals surface area contributed by atoms with Gasteiger partial charge in [-0.05, 0) is 68.6 Å². The van der Waals surface area contributed by atoms with Gasteiger partial charge in [-0.3, -0.25) is 9.97 Å². The third-order valence-corrected chi connectivity index (χ3v) is 10.7. The Morgan fingerprint density at radius 3 is 2.61 bits per heavy atom. The molecule has 9 nitrogen and oxygen atoms in total. The number of aromatic nitrogens is 6. The summed E-state index contributed by atoms with van der Waals surface area (Å²) in [7, 11) is 1.89. The molecule has 0 saturated carbocycles. The molecule has 0 bridgehead atoms. The molecule has 11 heteroatoms. The molecule has 0 radical (unpaired) electrons. The standard InChI is InChI=1S/C24H26N6O2S2.C8H9N.C3H8/c1-13-29-30-24(32-13)19-15(4-3-14-5-8-31-9-6-14)28-16-7-10-33-21(16)20(19)18-11-17-22(34-18)23(25-2)27-12-26-17;1-3-7-4-2-6-9-8(7)5-1;1-3-2/h11-12,14H,3-10H2,1-2H3,(H,25,26,27);2,4,6H,1,3,5H2;3H2,1-2H3. The van der Waals surface area contributed by atoms with E-state index in [1.165, 1.54) is 47.5 Å². The first kappa shape index (κ1) is 32.5. The van der Waals surface area contributed by atoms with Gasteiger partial charge in [-0.1, -0.05) is 26.3 Å². The number of fused-ring (bicyclic) bond motifs is 3. The van der Waals surface area contributed by atoms with Gasteiger partial charge in [0.2, 0.25) is 11.8 Å². The number of pyridine rings is 2. The Hall–Kier alpha value is -3.41. The molecule has 0 aromatic carbocycles. The van der Waals surface area contributed by atoms with Gasteiger partial charge in [-0.15, -0.1) is 33.3 Å². The minimum absolute atomic E-state index is 0.551. The molecule has 242 valence electrons. The third kappa shape index (κ3) is 7.26. The van der Waals surface area contributed by atoms with Crippen LogP contribution in [0.15, 0.2) is 40.0 Å². The molecular weight excluding hydrogens is 615 g/mol. The van der Waals surface area contributed by atoms with Gasteiger partial charge in [0.05, 0.1) is 27.2 Å². The smallest absolute Gasteiger partial charge is 0.250 e. The van der Waals surface area contributed by atoms with E-state index in [1.807, 2.05) is 38.0 Å². The molecular formula is C35H43N7O2S2. The molecule has 1 N–H and O–H groups in total. The number of hydrogen-bond donors (Lipinski definition) is 1. The fourth-order valence-electron chi connectivity index (χ4n) is 6.19. The fraction of sp³-hybridized carbons (Fsp3) is 0.486. The van der Waals surface area contributed by atoms with Crippen LogP contribution in [0, 0.1) is 12.8 Å². The van der Waals surface area contributed by atoms with Crippen molar-refractivity contribution < 1.29 is 9.15 Å². The molecule has 1 fully saturated rings. The van der Waals surface area contributed by atoms with Crippen LogP contribution in [-0.4, -0.2) is 56.1 Å². The van der Waals surface area contributed by atoms with Gasteiger partial charge in [0.1, 0.15) is 12.1 Å². The lowest BCUT2D eigenvalue weighted by Crippen LogP contribution is -2.16. The van der Waals surface area contributed by atoms with E-state index in [4.69, 9.17) is 14.1 Å². The van der Waals surface area contributed by atoms with E-state index in [2.05, 4.69) is 56.4 Å². The van der Waals surface area contributed by atoms with Gasteiger partial charge in [0.15, 0.2) is 0 Å². The number of thioether (sulfide) groups is 1. The largest absolute Gasteiger partial charge is 0.421 e. The van der Waals surface area contributed by atoms with Crippen LogP contribution in [0.1, 0.15) is 74.5 Å². The zero-order chi connectivity index (χ0) is 31.9. The second-order valence-electron chi connectivity index (χ2n) is 11.9. The molecule has 0 atom stereocenters. The Morgan fingerprint density at radius 2 is 1.85 bits per heavy atom. The highest BCUT2D eigenvalue weighted by atomic mass is 32.2. The van der Waals surface area contributed by atoms with E-state index in [9.17, 15) is 0 Å². The van der Waals surface area contributed by atoms with Crippen LogP contribution in [-0.2, 0) is 30.4 Å². The number of thiophene rings is 1. The molecule has 2 aliphatic heterocycles. The predicted molar refractivity (Wildman–Crippen MR) is 187 cm³/mol. The number of ether oxygens (including phenoxy) is 1. The van der Waals surface area contributed by atoms with Crippen LogP contribution < -0.4 is 5.32 Å². The topological polar surface area (TPSA) is 112 Å². The van der Waals surface area contributed by atoms with Crippen LogP contribution in [0.3, 0.4) is 0 Å². The summed E-state index contributed by atoms with van der Waals surface area (Å²) < 4.78 is 12.6. The minimum atomic E-state index is 0.551. The lowest BCUT2D eigenvalue weighted by molar-refractivity contribution is 0.0639. The molecule has 3 aliphatic rings. The van der Waals surface area contributed by atoms with Crippen LogP contribution in [0.25, 0.3) is 32.1 Å². The van der Waals surface area contributed by atoms with Gasteiger partial charge in [0, 0.05) is 66.6 Å². The highest BCUT2D eigenvalue weighted by Crippen LogP contribution is 2.49. The molecule has 1 aliphatic carbocycles. The maximum absolute atomic E-state index is 6.02. The SMILES string of the molecule is CCC.CNc1ncnc2cc(-c3c4c(nc(CCC5CCOCC5)c3-c3nnc(C)o3)CCS4)sc12.c1cnc2c(c1)CCC2. The van der Waals surface area contributed by atoms with Crippen LogP contribution in [0.2, 0.25) is 0 Å². The average molecular weight is 658 g/mol. The van der Waals surface area contributed by atoms with Gasteiger partial charge in [-0.25, -0.2) is 9.97 Å². The van der Waals surface area contributed by atoms with E-state index in [1.54, 1.807) is 17.7 Å². The maximum Gasteiger partial charge on any atom is 0.250 e. The summed E-state index contributed by atoms with van der Waals surface area (Å²) in [6.07, 6.45) is 13.7. The van der Waals surface area contributed by atoms with E-state index < -0.39 is 0 Å². The van der Waals surface area contributed by atoms with Crippen molar-refractivity contribution in [2.24, 2.45) is 5.92 Å². The second-order valence-corrected chi connectivity index (χ2v) is 14.0. The van der Waals surface area contributed by atoms with Crippen LogP contribution in [0.4, 0.5) is 5.82 Å². The summed E-state index contributed by atoms with van der Waals surface area (Å²) in [4.78, 5) is 20.7. The molecule has 0 amide bonds. The first-order chi connectivity index (χ1) is 22.6. The lowest BCUT2D eigenvalue weighted by Gasteiger charge is -2.22. The van der Waals surface area contributed by atoms with Crippen molar-refractivity contribution in [1.82, 2.24) is 30.1 Å². The van der Waals surface area contributed by atoms with E-state index in [0.717, 1.165) is 88.8 Å². The Kier molecular flexibility index (Phi) is 10.9. The van der Waals surface area contributed by atoms with E-state index >= 15 is 0 Å². The molecule has 5 aromatic rings. The Morgan fingerprint density at radius 1 is 1.00 bits per heavy atom. The molecule has 5 aromatic heterocycles. The van der Waals surface area contributed by atoms with Gasteiger partial charge >= 0.3 is 0 Å². The number of hydrogen-bond acceptors (Lipinski definition) is 11. The van der Waals surface area contributed by atoms with Crippen molar-refractivity contribution in [3.05, 3.63) is 59.3 Å². The molecule has 46 heavy (non-hydrogen) atoms. The summed E-state index contributed by atoms with van der Waals surface area (Å²) >= 11 is 3.57. The predicted octanol–water partition coefficient (Wildman–Crippen LogP) is 8.15. The summed E-state index contributed by atoms with van der Waals surface area (Å²) in [6.45, 7) is 7.80. The normalized spacial score (nSPS) is 15.5. The number of rotatable bonds is 6. The van der Waals surface area contributed by atoms with Crippen molar-refractivity contribution in [1.29, 1.82) is 0 Å². The zero-order valence-electron chi connectivity index (χ0n) is 27.3. The number of anilines is 1. The highest BCUT2D eigenvalue weighted by molar-refractivity contribution is 7.99. The first-order valence-corrected chi connectivity index (χ1v) is 18.3. The Balaban J connectivity index is 0.000000260. The molecule has 0 spiro atoms. The minimum Gasteiger partial charge on any atom is -0.421 e. The van der Waals surface area contributed by atoms with Crippen LogP contribution >= 0.6 is 23.1 Å². The number of nitrogens with zero attached hydrogens (tertiary/aromatic N) is 6. The fourth-order valence-corrected chi connectivity index (χ4v) is 8.59. The molecule has 8 rings (SSSR count). The molecule has 1 saturated heterocycles. The van der Waals surface area contributed by atoms with Gasteiger partial charge in [-0.2, -0.15) is 0 Å². The molecule has 0 unspecified atom stereocenters. The average Bonchev–Trinajstić information content (AvgIpc) is 3.90. The third-order valence-electron chi connectivity index (χ3n) is 8.39. The second kappa shape index (κ2) is 15.5. The van der Waals surface area contributed by atoms with E-state index in [-0.39, 0.29) is 0 Å². The number of aryl methyl sites for hydroxylation is 5. The lowest BCUT2D eigenvalue weighted by atomic mass is 9.91. The number of nitrogens with one attached hydrogen (secondary N) is 1. The van der Waals surface area contributed by atoms with Gasteiger partial charge in [0.25, 0.3) is 0 Å². The maximum atomic E-state index is 6.02. The van der Waals surface area contributed by atoms with Gasteiger partial charge < -0.3 is 14.5 Å². The quantitative estimate of drug-likeness (QED) is 0.192. The molecule has 7 heterocycles. The Labute approximate surface area is 279 Å². The van der Waals surface area contributed by atoms with Crippen molar-refractivity contribution in [3.63, 3.8) is 0 Å².